The molecule has 0 heterocycles. The summed E-state index contributed by atoms with van der Waals surface area (Å²) in [5, 5.41) is 0. The van der Waals surface area contributed by atoms with Crippen LogP contribution in [0.1, 0.15) is 62.8 Å². The summed E-state index contributed by atoms with van der Waals surface area (Å²) in [6.07, 6.45) is 0. The summed E-state index contributed by atoms with van der Waals surface area (Å²) < 4.78 is 39.0. The summed E-state index contributed by atoms with van der Waals surface area (Å²) in [5.41, 5.74) is 4.87. The Morgan fingerprint density at radius 2 is 0.789 bits per heavy atom. The topological polar surface area (TPSA) is 0 Å². The van der Waals surface area contributed by atoms with Gasteiger partial charge in [0.2, 0.25) is 0 Å². The summed E-state index contributed by atoms with van der Waals surface area (Å²) in [6.45, 7) is 12.1. The van der Waals surface area contributed by atoms with E-state index in [1.165, 1.54) is 22.3 Å². The van der Waals surface area contributed by atoms with Gasteiger partial charge in [0.15, 0.2) is 0 Å². The van der Waals surface area contributed by atoms with Crippen LogP contribution >= 0.6 is 0 Å². The molecule has 5 heteroatoms. The lowest BCUT2D eigenvalue weighted by molar-refractivity contribution is 0.0971. The van der Waals surface area contributed by atoms with Gasteiger partial charge in [0, 0.05) is 10.8 Å². The number of hydrogen-bond donors (Lipinski definition) is 0. The standard InChI is InChI=1S/C33H36.BF4/c1-26(27-18-10-6-11-19-27)33(29-22-14-8-15-23-29,30-24-16-9-17-25-30)32(5,31(2,3)4)28-20-12-7-13-21-28;2-1(3,4)5/h6-26H,1-5H3;/q;-1/t26-,32+;/m0./s1. The van der Waals surface area contributed by atoms with Gasteiger partial charge in [-0.25, -0.2) is 0 Å². The molecule has 0 aliphatic rings. The Kier molecular flexibility index (Phi) is 8.92. The van der Waals surface area contributed by atoms with Crippen molar-refractivity contribution in [3.63, 3.8) is 0 Å². The van der Waals surface area contributed by atoms with Gasteiger partial charge in [0.25, 0.3) is 0 Å². The third-order valence-electron chi connectivity index (χ3n) is 8.05. The zero-order valence-electron chi connectivity index (χ0n) is 22.7. The third kappa shape index (κ3) is 5.87. The maximum Gasteiger partial charge on any atom is 0.673 e. The van der Waals surface area contributed by atoms with Crippen molar-refractivity contribution in [2.24, 2.45) is 5.41 Å². The van der Waals surface area contributed by atoms with Crippen molar-refractivity contribution < 1.29 is 17.3 Å². The maximum absolute atomic E-state index is 9.75. The first-order valence-corrected chi connectivity index (χ1v) is 12.9. The Balaban J connectivity index is 0.000000732. The highest BCUT2D eigenvalue weighted by Gasteiger charge is 2.59. The number of halogens is 4. The van der Waals surface area contributed by atoms with Gasteiger partial charge < -0.3 is 17.3 Å². The van der Waals surface area contributed by atoms with Gasteiger partial charge >= 0.3 is 7.25 Å². The van der Waals surface area contributed by atoms with Crippen LogP contribution in [-0.2, 0) is 10.8 Å². The van der Waals surface area contributed by atoms with E-state index < -0.39 is 7.25 Å². The highest BCUT2D eigenvalue weighted by molar-refractivity contribution is 6.50. The van der Waals surface area contributed by atoms with E-state index in [9.17, 15) is 17.3 Å². The van der Waals surface area contributed by atoms with E-state index in [0.29, 0.717) is 0 Å². The van der Waals surface area contributed by atoms with Crippen LogP contribution in [0.5, 0.6) is 0 Å². The molecule has 0 aromatic heterocycles. The van der Waals surface area contributed by atoms with Gasteiger partial charge in [-0.05, 0) is 33.6 Å². The second kappa shape index (κ2) is 11.6. The van der Waals surface area contributed by atoms with Crippen molar-refractivity contribution in [1.82, 2.24) is 0 Å². The second-order valence-electron chi connectivity index (χ2n) is 10.9. The Hall–Kier alpha value is -3.34. The lowest BCUT2D eigenvalue weighted by Crippen LogP contribution is -2.58. The monoisotopic (exact) mass is 519 g/mol. The molecular weight excluding hydrogens is 483 g/mol. The molecule has 0 bridgehead atoms. The third-order valence-corrected chi connectivity index (χ3v) is 8.05. The molecule has 0 amide bonds. The highest BCUT2D eigenvalue weighted by atomic mass is 19.5. The van der Waals surface area contributed by atoms with Crippen LogP contribution in [0.3, 0.4) is 0 Å². The van der Waals surface area contributed by atoms with E-state index in [1.54, 1.807) is 0 Å². The van der Waals surface area contributed by atoms with Crippen LogP contribution in [0.25, 0.3) is 0 Å². The molecule has 0 spiro atoms. The van der Waals surface area contributed by atoms with E-state index in [0.717, 1.165) is 0 Å². The molecule has 0 N–H and O–H groups in total. The maximum atomic E-state index is 9.75. The summed E-state index contributed by atoms with van der Waals surface area (Å²) in [7, 11) is -6.00. The molecule has 38 heavy (non-hydrogen) atoms. The zero-order valence-corrected chi connectivity index (χ0v) is 22.7. The Morgan fingerprint density at radius 3 is 1.11 bits per heavy atom. The van der Waals surface area contributed by atoms with Gasteiger partial charge in [-0.3, -0.25) is 0 Å². The van der Waals surface area contributed by atoms with Gasteiger partial charge in [-0.1, -0.05) is 156 Å². The summed E-state index contributed by atoms with van der Waals surface area (Å²) >= 11 is 0. The molecule has 0 nitrogen and oxygen atoms in total. The molecule has 4 rings (SSSR count). The molecule has 2 atom stereocenters. The van der Waals surface area contributed by atoms with Gasteiger partial charge in [0.05, 0.1) is 0 Å². The summed E-state index contributed by atoms with van der Waals surface area (Å²) in [4.78, 5) is 0. The van der Waals surface area contributed by atoms with Crippen LogP contribution in [0.2, 0.25) is 0 Å². The van der Waals surface area contributed by atoms with Crippen molar-refractivity contribution in [2.45, 2.75) is 51.4 Å². The van der Waals surface area contributed by atoms with Crippen molar-refractivity contribution >= 4 is 7.25 Å². The minimum atomic E-state index is -6.00. The van der Waals surface area contributed by atoms with E-state index in [-0.39, 0.29) is 22.2 Å². The lowest BCUT2D eigenvalue weighted by atomic mass is 9.43. The van der Waals surface area contributed by atoms with Gasteiger partial charge in [0.1, 0.15) is 0 Å². The van der Waals surface area contributed by atoms with Crippen molar-refractivity contribution in [3.05, 3.63) is 144 Å². The fourth-order valence-electron chi connectivity index (χ4n) is 6.09. The SMILES string of the molecule is C[C@@H](c1ccccc1)C(c1ccccc1)(c1ccccc1)[C@](C)(c1ccccc1)C(C)(C)C.F[B-](F)(F)F. The predicted molar refractivity (Wildman–Crippen MR) is 152 cm³/mol. The molecule has 0 aliphatic carbocycles. The van der Waals surface area contributed by atoms with E-state index in [2.05, 4.69) is 156 Å². The first kappa shape index (κ1) is 29.2. The van der Waals surface area contributed by atoms with Crippen molar-refractivity contribution in [2.75, 3.05) is 0 Å². The number of hydrogen-bond acceptors (Lipinski definition) is 0. The van der Waals surface area contributed by atoms with Crippen molar-refractivity contribution in [3.8, 4) is 0 Å². The van der Waals surface area contributed by atoms with Crippen LogP contribution in [0.15, 0.2) is 121 Å². The van der Waals surface area contributed by atoms with E-state index in [1.807, 2.05) is 0 Å². The van der Waals surface area contributed by atoms with Gasteiger partial charge in [-0.15, -0.1) is 0 Å². The van der Waals surface area contributed by atoms with Crippen molar-refractivity contribution in [1.29, 1.82) is 0 Å². The molecule has 0 radical (unpaired) electrons. The first-order valence-electron chi connectivity index (χ1n) is 12.9. The van der Waals surface area contributed by atoms with E-state index in [4.69, 9.17) is 0 Å². The number of rotatable bonds is 6. The quantitative estimate of drug-likeness (QED) is 0.176. The average Bonchev–Trinajstić information content (AvgIpc) is 2.89. The number of benzene rings is 4. The molecule has 4 aromatic rings. The van der Waals surface area contributed by atoms with Crippen LogP contribution in [0, 0.1) is 5.41 Å². The molecule has 0 aliphatic heterocycles. The molecular formula is C33H36BF4-. The fraction of sp³-hybridized carbons (Fsp3) is 0.273. The molecule has 4 aromatic carbocycles. The van der Waals surface area contributed by atoms with Gasteiger partial charge in [-0.2, -0.15) is 0 Å². The zero-order chi connectivity index (χ0) is 28.0. The first-order chi connectivity index (χ1) is 17.8. The molecule has 200 valence electrons. The minimum Gasteiger partial charge on any atom is -0.418 e. The Bertz CT molecular complexity index is 1210. The lowest BCUT2D eigenvalue weighted by Gasteiger charge is -2.60. The van der Waals surface area contributed by atoms with Crippen LogP contribution in [0.4, 0.5) is 17.3 Å². The van der Waals surface area contributed by atoms with Crippen LogP contribution in [-0.4, -0.2) is 7.25 Å². The normalized spacial score (nSPS) is 14.6. The molecule has 0 fully saturated rings. The predicted octanol–water partition coefficient (Wildman–Crippen LogP) is 10.1. The second-order valence-corrected chi connectivity index (χ2v) is 10.9. The van der Waals surface area contributed by atoms with E-state index >= 15 is 0 Å². The minimum absolute atomic E-state index is 0.0386. The van der Waals surface area contributed by atoms with Crippen LogP contribution < -0.4 is 0 Å². The Morgan fingerprint density at radius 1 is 0.500 bits per heavy atom. The summed E-state index contributed by atoms with van der Waals surface area (Å²) in [5.74, 6) is 0.230. The molecule has 0 saturated carbocycles. The fourth-order valence-corrected chi connectivity index (χ4v) is 6.09. The molecule has 0 saturated heterocycles. The summed E-state index contributed by atoms with van der Waals surface area (Å²) in [6, 6.07) is 44.5. The largest absolute Gasteiger partial charge is 0.673 e. The average molecular weight is 519 g/mol. The smallest absolute Gasteiger partial charge is 0.418 e. The Labute approximate surface area is 224 Å². The molecule has 0 unspecified atom stereocenters. The highest BCUT2D eigenvalue weighted by Crippen LogP contribution is 2.62.